The summed E-state index contributed by atoms with van der Waals surface area (Å²) in [6, 6.07) is 2.62. The monoisotopic (exact) mass is 401 g/mol. The summed E-state index contributed by atoms with van der Waals surface area (Å²) in [4.78, 5) is 13.5. The second-order valence-corrected chi connectivity index (χ2v) is 5.83. The maximum atomic E-state index is 13.3. The van der Waals surface area contributed by atoms with Gasteiger partial charge in [0.1, 0.15) is 11.8 Å². The van der Waals surface area contributed by atoms with Crippen molar-refractivity contribution in [2.24, 2.45) is 0 Å². The number of nitrogens with one attached hydrogen (secondary N) is 2. The van der Waals surface area contributed by atoms with Gasteiger partial charge in [0.25, 0.3) is 5.91 Å². The minimum Gasteiger partial charge on any atom is -0.496 e. The molecule has 0 radical (unpaired) electrons. The molecule has 1 aliphatic heterocycles. The summed E-state index contributed by atoms with van der Waals surface area (Å²) in [5.74, 6) is -0.418. The molecule has 25 heavy (non-hydrogen) atoms. The van der Waals surface area contributed by atoms with Crippen molar-refractivity contribution in [3.8, 4) is 5.75 Å². The fourth-order valence-corrected chi connectivity index (χ4v) is 2.74. The van der Waals surface area contributed by atoms with Gasteiger partial charge in [0, 0.05) is 37.7 Å². The first-order valence-corrected chi connectivity index (χ1v) is 7.84. The van der Waals surface area contributed by atoms with Crippen LogP contribution in [0, 0.1) is 0 Å². The van der Waals surface area contributed by atoms with E-state index in [0.717, 1.165) is 0 Å². The Morgan fingerprint density at radius 3 is 2.60 bits per heavy atom. The van der Waals surface area contributed by atoms with Gasteiger partial charge in [0.2, 0.25) is 0 Å². The van der Waals surface area contributed by atoms with Crippen molar-refractivity contribution >= 4 is 29.9 Å². The number of rotatable bonds is 5. The van der Waals surface area contributed by atoms with Crippen molar-refractivity contribution in [2.45, 2.75) is 12.2 Å². The maximum absolute atomic E-state index is 13.3. The topological polar surface area (TPSA) is 53.6 Å². The number of amides is 1. The van der Waals surface area contributed by atoms with Crippen LogP contribution in [0.4, 0.5) is 13.2 Å². The van der Waals surface area contributed by atoms with E-state index in [0.29, 0.717) is 18.1 Å². The number of nitrogens with zero attached hydrogens (tertiary/aromatic N) is 1. The Morgan fingerprint density at radius 2 is 2.04 bits per heavy atom. The molecule has 1 fully saturated rings. The van der Waals surface area contributed by atoms with Crippen molar-refractivity contribution in [2.75, 3.05) is 39.8 Å². The zero-order chi connectivity index (χ0) is 17.7. The molecule has 5 nitrogen and oxygen atoms in total. The largest absolute Gasteiger partial charge is 0.496 e. The lowest BCUT2D eigenvalue weighted by atomic mass is 10.1. The van der Waals surface area contributed by atoms with Gasteiger partial charge in [-0.3, -0.25) is 9.69 Å². The summed E-state index contributed by atoms with van der Waals surface area (Å²) in [6.45, 7) is 1.03. The Kier molecular flexibility index (Phi) is 8.27. The van der Waals surface area contributed by atoms with Gasteiger partial charge in [-0.05, 0) is 18.2 Å². The highest BCUT2D eigenvalue weighted by Gasteiger charge is 2.43. The fourth-order valence-electron chi connectivity index (χ4n) is 2.58. The number of piperazine rings is 1. The predicted molar refractivity (Wildman–Crippen MR) is 91.9 cm³/mol. The molecule has 0 aliphatic carbocycles. The van der Waals surface area contributed by atoms with Gasteiger partial charge in [-0.15, -0.1) is 12.4 Å². The predicted octanol–water partition coefficient (Wildman–Crippen LogP) is 2.34. The van der Waals surface area contributed by atoms with Crippen molar-refractivity contribution in [3.63, 3.8) is 0 Å². The lowest BCUT2D eigenvalue weighted by molar-refractivity contribution is -0.183. The molecule has 1 heterocycles. The molecule has 0 bridgehead atoms. The molecule has 1 unspecified atom stereocenters. The fraction of sp³-hybridized carbons (Fsp3) is 0.533. The lowest BCUT2D eigenvalue weighted by Gasteiger charge is -2.35. The zero-order valence-electron chi connectivity index (χ0n) is 13.5. The highest BCUT2D eigenvalue weighted by molar-refractivity contribution is 6.30. The Labute approximate surface area is 155 Å². The van der Waals surface area contributed by atoms with Crippen LogP contribution >= 0.6 is 24.0 Å². The number of halogens is 5. The van der Waals surface area contributed by atoms with E-state index in [1.165, 1.54) is 30.2 Å². The normalized spacial score (nSPS) is 16.7. The van der Waals surface area contributed by atoms with Gasteiger partial charge in [-0.1, -0.05) is 11.6 Å². The van der Waals surface area contributed by atoms with Gasteiger partial charge in [0.15, 0.2) is 0 Å². The number of benzene rings is 1. The molecular formula is C15H20Cl2F3N3O2. The van der Waals surface area contributed by atoms with Gasteiger partial charge >= 0.3 is 6.18 Å². The first-order valence-electron chi connectivity index (χ1n) is 7.46. The highest BCUT2D eigenvalue weighted by atomic mass is 35.5. The van der Waals surface area contributed by atoms with E-state index in [4.69, 9.17) is 16.3 Å². The molecule has 10 heteroatoms. The van der Waals surface area contributed by atoms with Crippen LogP contribution in [0.5, 0.6) is 5.75 Å². The summed E-state index contributed by atoms with van der Waals surface area (Å²) in [6.07, 6.45) is -4.42. The number of alkyl halides is 3. The Bertz CT molecular complexity index is 582. The third-order valence-corrected chi connectivity index (χ3v) is 4.07. The molecule has 142 valence electrons. The van der Waals surface area contributed by atoms with Crippen LogP contribution in [0.3, 0.4) is 0 Å². The average Bonchev–Trinajstić information content (AvgIpc) is 2.54. The molecule has 1 amide bonds. The third-order valence-electron chi connectivity index (χ3n) is 3.83. The quantitative estimate of drug-likeness (QED) is 0.794. The molecule has 1 saturated heterocycles. The molecule has 1 aliphatic rings. The molecule has 0 aromatic heterocycles. The first kappa shape index (κ1) is 21.8. The zero-order valence-corrected chi connectivity index (χ0v) is 15.1. The van der Waals surface area contributed by atoms with Crippen LogP contribution < -0.4 is 15.4 Å². The first-order chi connectivity index (χ1) is 11.3. The van der Waals surface area contributed by atoms with Crippen LogP contribution in [0.15, 0.2) is 18.2 Å². The summed E-state index contributed by atoms with van der Waals surface area (Å²) in [5, 5.41) is 5.73. The molecule has 1 atom stereocenters. The summed E-state index contributed by atoms with van der Waals surface area (Å²) < 4.78 is 45.0. The van der Waals surface area contributed by atoms with Crippen molar-refractivity contribution in [3.05, 3.63) is 28.8 Å². The molecule has 1 aromatic rings. The van der Waals surface area contributed by atoms with Crippen molar-refractivity contribution in [1.82, 2.24) is 15.5 Å². The second-order valence-electron chi connectivity index (χ2n) is 5.40. The second kappa shape index (κ2) is 9.47. The van der Waals surface area contributed by atoms with E-state index >= 15 is 0 Å². The maximum Gasteiger partial charge on any atom is 0.405 e. The molecule has 0 spiro atoms. The molecular weight excluding hydrogens is 382 g/mol. The van der Waals surface area contributed by atoms with Crippen molar-refractivity contribution < 1.29 is 22.7 Å². The number of methoxy groups -OCH3 is 1. The number of hydrogen-bond acceptors (Lipinski definition) is 4. The standard InChI is InChI=1S/C15H19ClF3N3O2.ClH/c1-24-12-8-10(16)2-3-11(12)14(23)21-9-13(15(17,18)19)22-6-4-20-5-7-22;/h2-3,8,13,20H,4-7,9H2,1H3,(H,21,23);1H. The molecule has 2 rings (SSSR count). The average molecular weight is 402 g/mol. The number of carbonyl (C=O) groups is 1. The van der Waals surface area contributed by atoms with Crippen molar-refractivity contribution in [1.29, 1.82) is 0 Å². The highest BCUT2D eigenvalue weighted by Crippen LogP contribution is 2.26. The minimum absolute atomic E-state index is 0. The van der Waals surface area contributed by atoms with E-state index in [2.05, 4.69) is 10.6 Å². The van der Waals surface area contributed by atoms with Gasteiger partial charge in [0.05, 0.1) is 12.7 Å². The summed E-state index contributed by atoms with van der Waals surface area (Å²) >= 11 is 5.82. The smallest absolute Gasteiger partial charge is 0.405 e. The minimum atomic E-state index is -4.42. The SMILES string of the molecule is COc1cc(Cl)ccc1C(=O)NCC(N1CCNCC1)C(F)(F)F.Cl. The summed E-state index contributed by atoms with van der Waals surface area (Å²) in [5.41, 5.74) is 0.142. The Hall–Kier alpha value is -1.22. The summed E-state index contributed by atoms with van der Waals surface area (Å²) in [7, 11) is 1.36. The Balaban J connectivity index is 0.00000312. The third kappa shape index (κ3) is 5.91. The van der Waals surface area contributed by atoms with Crippen LogP contribution in [0.25, 0.3) is 0 Å². The van der Waals surface area contributed by atoms with E-state index in [9.17, 15) is 18.0 Å². The number of carbonyl (C=O) groups excluding carboxylic acids is 1. The van der Waals surface area contributed by atoms with Gasteiger partial charge < -0.3 is 15.4 Å². The van der Waals surface area contributed by atoms with E-state index in [-0.39, 0.29) is 36.8 Å². The van der Waals surface area contributed by atoms with Crippen LogP contribution in [0.2, 0.25) is 5.02 Å². The van der Waals surface area contributed by atoms with Gasteiger partial charge in [-0.2, -0.15) is 13.2 Å². The van der Waals surface area contributed by atoms with Crippen LogP contribution in [-0.2, 0) is 0 Å². The van der Waals surface area contributed by atoms with Gasteiger partial charge in [-0.25, -0.2) is 0 Å². The van der Waals surface area contributed by atoms with E-state index in [1.807, 2.05) is 0 Å². The van der Waals surface area contributed by atoms with E-state index < -0.39 is 24.7 Å². The number of hydrogen-bond donors (Lipinski definition) is 2. The van der Waals surface area contributed by atoms with Crippen LogP contribution in [-0.4, -0.2) is 62.9 Å². The molecule has 0 saturated carbocycles. The molecule has 1 aromatic carbocycles. The lowest BCUT2D eigenvalue weighted by Crippen LogP contribution is -2.57. The number of ether oxygens (including phenoxy) is 1. The van der Waals surface area contributed by atoms with E-state index in [1.54, 1.807) is 0 Å². The Morgan fingerprint density at radius 1 is 1.40 bits per heavy atom. The van der Waals surface area contributed by atoms with Crippen LogP contribution in [0.1, 0.15) is 10.4 Å². The molecule has 2 N–H and O–H groups in total.